The summed E-state index contributed by atoms with van der Waals surface area (Å²) in [5, 5.41) is 8.68. The van der Waals surface area contributed by atoms with Crippen LogP contribution in [0, 0.1) is 5.92 Å². The molecular formula is C19H26N4O. The fourth-order valence-electron chi connectivity index (χ4n) is 4.58. The second kappa shape index (κ2) is 6.20. The Kier molecular flexibility index (Phi) is 4.04. The Morgan fingerprint density at radius 1 is 1.21 bits per heavy atom. The standard InChI is InChI=1S/C19H26N4O/c1-22-12-13-6-5-7-15(22)11-14(10-13)20-19(24)18-16-8-3-4-9-17(16)23(2)21-18/h3-4,8-9,13-15H,5-7,10-12H2,1-2H3,(H,20,24). The van der Waals surface area contributed by atoms with E-state index in [4.69, 9.17) is 0 Å². The van der Waals surface area contributed by atoms with Crippen molar-refractivity contribution in [3.8, 4) is 0 Å². The Labute approximate surface area is 143 Å². The molecule has 0 saturated carbocycles. The maximum atomic E-state index is 12.9. The number of benzene rings is 1. The highest BCUT2D eigenvalue weighted by Crippen LogP contribution is 2.31. The third-order valence-corrected chi connectivity index (χ3v) is 5.80. The van der Waals surface area contributed by atoms with Crippen LogP contribution in [0.2, 0.25) is 0 Å². The summed E-state index contributed by atoms with van der Waals surface area (Å²) < 4.78 is 1.79. The van der Waals surface area contributed by atoms with Gasteiger partial charge < -0.3 is 10.2 Å². The van der Waals surface area contributed by atoms with Crippen LogP contribution in [-0.4, -0.2) is 46.3 Å². The molecule has 5 nitrogen and oxygen atoms in total. The Bertz CT molecular complexity index is 753. The Morgan fingerprint density at radius 3 is 2.92 bits per heavy atom. The first kappa shape index (κ1) is 15.6. The number of nitrogens with one attached hydrogen (secondary N) is 1. The average Bonchev–Trinajstić information content (AvgIpc) is 2.68. The number of hydrogen-bond acceptors (Lipinski definition) is 3. The summed E-state index contributed by atoms with van der Waals surface area (Å²) in [6.45, 7) is 1.17. The second-order valence-corrected chi connectivity index (χ2v) is 7.52. The van der Waals surface area contributed by atoms with Gasteiger partial charge in [-0.3, -0.25) is 9.48 Å². The van der Waals surface area contributed by atoms with E-state index >= 15 is 0 Å². The number of rotatable bonds is 2. The van der Waals surface area contributed by atoms with Crippen molar-refractivity contribution in [2.75, 3.05) is 13.6 Å². The summed E-state index contributed by atoms with van der Waals surface area (Å²) >= 11 is 0. The van der Waals surface area contributed by atoms with Crippen LogP contribution in [-0.2, 0) is 7.05 Å². The first-order valence-corrected chi connectivity index (χ1v) is 9.04. The average molecular weight is 326 g/mol. The zero-order valence-electron chi connectivity index (χ0n) is 14.5. The molecule has 2 bridgehead atoms. The van der Waals surface area contributed by atoms with Gasteiger partial charge in [0.15, 0.2) is 5.69 Å². The Hall–Kier alpha value is -1.88. The molecule has 2 aromatic rings. The summed E-state index contributed by atoms with van der Waals surface area (Å²) in [7, 11) is 4.13. The number of nitrogens with zero attached hydrogens (tertiary/aromatic N) is 3. The van der Waals surface area contributed by atoms with E-state index in [2.05, 4.69) is 22.4 Å². The second-order valence-electron chi connectivity index (χ2n) is 7.52. The minimum atomic E-state index is -0.0283. The molecule has 0 radical (unpaired) electrons. The first-order chi connectivity index (χ1) is 11.6. The number of aryl methyl sites for hydroxylation is 1. The predicted octanol–water partition coefficient (Wildman–Crippen LogP) is 2.57. The molecule has 1 aromatic heterocycles. The molecule has 1 N–H and O–H groups in total. The van der Waals surface area contributed by atoms with E-state index in [1.165, 1.54) is 25.8 Å². The molecule has 0 aliphatic carbocycles. The zero-order valence-corrected chi connectivity index (χ0v) is 14.5. The number of carbonyl (C=O) groups excluding carboxylic acids is 1. The van der Waals surface area contributed by atoms with Crippen LogP contribution in [0.15, 0.2) is 24.3 Å². The van der Waals surface area contributed by atoms with Crippen molar-refractivity contribution in [3.63, 3.8) is 0 Å². The van der Waals surface area contributed by atoms with Gasteiger partial charge >= 0.3 is 0 Å². The number of hydrogen-bond donors (Lipinski definition) is 1. The van der Waals surface area contributed by atoms with Gasteiger partial charge in [0.25, 0.3) is 5.91 Å². The summed E-state index contributed by atoms with van der Waals surface area (Å²) in [5.41, 5.74) is 1.55. The van der Waals surface area contributed by atoms with Gasteiger partial charge in [-0.05, 0) is 44.7 Å². The van der Waals surface area contributed by atoms with Gasteiger partial charge in [-0.15, -0.1) is 0 Å². The van der Waals surface area contributed by atoms with E-state index in [1.54, 1.807) is 4.68 Å². The number of fused-ring (bicyclic) bond motifs is 4. The quantitative estimate of drug-likeness (QED) is 0.923. The SMILES string of the molecule is CN1CC2CCCC1CC(NC(=O)c1nn(C)c3ccccc13)C2. The molecule has 4 rings (SSSR count). The van der Waals surface area contributed by atoms with Crippen molar-refractivity contribution >= 4 is 16.8 Å². The highest BCUT2D eigenvalue weighted by Gasteiger charge is 2.33. The molecule has 2 saturated heterocycles. The molecule has 128 valence electrons. The molecule has 3 atom stereocenters. The van der Waals surface area contributed by atoms with E-state index in [-0.39, 0.29) is 11.9 Å². The van der Waals surface area contributed by atoms with Crippen molar-refractivity contribution in [1.29, 1.82) is 0 Å². The lowest BCUT2D eigenvalue weighted by molar-refractivity contribution is 0.0921. The summed E-state index contributed by atoms with van der Waals surface area (Å²) in [6, 6.07) is 8.79. The van der Waals surface area contributed by atoms with Gasteiger partial charge in [0.2, 0.25) is 0 Å². The van der Waals surface area contributed by atoms with E-state index in [0.717, 1.165) is 23.7 Å². The smallest absolute Gasteiger partial charge is 0.272 e. The lowest BCUT2D eigenvalue weighted by Crippen LogP contribution is -2.40. The van der Waals surface area contributed by atoms with Crippen LogP contribution in [0.3, 0.4) is 0 Å². The zero-order chi connectivity index (χ0) is 16.7. The van der Waals surface area contributed by atoms with Crippen molar-refractivity contribution in [2.45, 2.75) is 44.2 Å². The highest BCUT2D eigenvalue weighted by atomic mass is 16.2. The monoisotopic (exact) mass is 326 g/mol. The summed E-state index contributed by atoms with van der Waals surface area (Å²) in [6.07, 6.45) is 6.03. The largest absolute Gasteiger partial charge is 0.348 e. The van der Waals surface area contributed by atoms with Crippen molar-refractivity contribution in [2.24, 2.45) is 13.0 Å². The van der Waals surface area contributed by atoms with Gasteiger partial charge in [0, 0.05) is 31.1 Å². The molecule has 1 aromatic carbocycles. The fourth-order valence-corrected chi connectivity index (χ4v) is 4.58. The van der Waals surface area contributed by atoms with E-state index in [0.29, 0.717) is 17.7 Å². The molecule has 2 fully saturated rings. The lowest BCUT2D eigenvalue weighted by atomic mass is 9.89. The third kappa shape index (κ3) is 2.81. The highest BCUT2D eigenvalue weighted by molar-refractivity contribution is 6.04. The molecule has 2 aliphatic rings. The van der Waals surface area contributed by atoms with Crippen molar-refractivity contribution < 1.29 is 4.79 Å². The van der Waals surface area contributed by atoms with Crippen molar-refractivity contribution in [3.05, 3.63) is 30.0 Å². The number of aromatic nitrogens is 2. The Balaban J connectivity index is 1.55. The minimum Gasteiger partial charge on any atom is -0.348 e. The number of carbonyl (C=O) groups is 1. The van der Waals surface area contributed by atoms with E-state index in [1.807, 2.05) is 31.3 Å². The van der Waals surface area contributed by atoms with Crippen LogP contribution in [0.25, 0.3) is 10.9 Å². The predicted molar refractivity (Wildman–Crippen MR) is 95.0 cm³/mol. The maximum Gasteiger partial charge on any atom is 0.272 e. The first-order valence-electron chi connectivity index (χ1n) is 9.04. The van der Waals surface area contributed by atoms with Crippen LogP contribution in [0.5, 0.6) is 0 Å². The van der Waals surface area contributed by atoms with E-state index in [9.17, 15) is 4.79 Å². The molecule has 0 spiro atoms. The molecule has 3 heterocycles. The maximum absolute atomic E-state index is 12.9. The third-order valence-electron chi connectivity index (χ3n) is 5.80. The molecule has 1 amide bonds. The van der Waals surface area contributed by atoms with Crippen LogP contribution < -0.4 is 5.32 Å². The van der Waals surface area contributed by atoms with Crippen LogP contribution in [0.1, 0.15) is 42.6 Å². The molecular weight excluding hydrogens is 300 g/mol. The van der Waals surface area contributed by atoms with Gasteiger partial charge in [-0.1, -0.05) is 24.6 Å². The van der Waals surface area contributed by atoms with Gasteiger partial charge in [-0.2, -0.15) is 5.10 Å². The molecule has 2 aliphatic heterocycles. The fraction of sp³-hybridized carbons (Fsp3) is 0.579. The van der Waals surface area contributed by atoms with Gasteiger partial charge in [0.1, 0.15) is 0 Å². The minimum absolute atomic E-state index is 0.0283. The number of amides is 1. The van der Waals surface area contributed by atoms with Gasteiger partial charge in [-0.25, -0.2) is 0 Å². The van der Waals surface area contributed by atoms with Crippen molar-refractivity contribution in [1.82, 2.24) is 20.0 Å². The molecule has 24 heavy (non-hydrogen) atoms. The number of para-hydroxylation sites is 1. The normalized spacial score (nSPS) is 27.8. The van der Waals surface area contributed by atoms with E-state index < -0.39 is 0 Å². The topological polar surface area (TPSA) is 50.2 Å². The molecule has 5 heteroatoms. The summed E-state index contributed by atoms with van der Waals surface area (Å²) in [5.74, 6) is 0.674. The van der Waals surface area contributed by atoms with Gasteiger partial charge in [0.05, 0.1) is 5.52 Å². The Morgan fingerprint density at radius 2 is 2.04 bits per heavy atom. The molecule has 3 unspecified atom stereocenters. The van der Waals surface area contributed by atoms with Crippen LogP contribution >= 0.6 is 0 Å². The summed E-state index contributed by atoms with van der Waals surface area (Å²) in [4.78, 5) is 15.4. The lowest BCUT2D eigenvalue weighted by Gasteiger charge is -2.27. The van der Waals surface area contributed by atoms with Crippen LogP contribution in [0.4, 0.5) is 0 Å².